The maximum Gasteiger partial charge on any atom is 0.357 e. The topological polar surface area (TPSA) is 110 Å². The van der Waals surface area contributed by atoms with Crippen molar-refractivity contribution < 1.29 is 9.90 Å². The smallest absolute Gasteiger partial charge is 0.357 e. The summed E-state index contributed by atoms with van der Waals surface area (Å²) in [7, 11) is 0. The first-order valence-electron chi connectivity index (χ1n) is 7.77. The molecule has 0 saturated carbocycles. The Kier molecular flexibility index (Phi) is 4.76. The van der Waals surface area contributed by atoms with E-state index < -0.39 is 5.97 Å². The van der Waals surface area contributed by atoms with Crippen molar-refractivity contribution in [2.24, 2.45) is 0 Å². The molecule has 0 atom stereocenters. The third-order valence-electron chi connectivity index (χ3n) is 3.91. The Morgan fingerprint density at radius 3 is 2.36 bits per heavy atom. The molecule has 2 aromatic carbocycles. The summed E-state index contributed by atoms with van der Waals surface area (Å²) in [4.78, 5) is 11.9. The Bertz CT molecular complexity index is 1170. The molecule has 2 N–H and O–H groups in total. The number of aromatic nitrogens is 6. The zero-order chi connectivity index (χ0) is 19.8. The van der Waals surface area contributed by atoms with Crippen LogP contribution >= 0.6 is 34.8 Å². The van der Waals surface area contributed by atoms with Gasteiger partial charge in [0.15, 0.2) is 5.69 Å². The van der Waals surface area contributed by atoms with Crippen molar-refractivity contribution in [1.29, 1.82) is 0 Å². The molecule has 4 rings (SSSR count). The van der Waals surface area contributed by atoms with Gasteiger partial charge in [-0.1, -0.05) is 46.9 Å². The lowest BCUT2D eigenvalue weighted by atomic mass is 10.0. The number of rotatable bonds is 4. The van der Waals surface area contributed by atoms with Crippen molar-refractivity contribution in [3.8, 4) is 28.3 Å². The molecule has 2 aromatic heterocycles. The van der Waals surface area contributed by atoms with Crippen LogP contribution in [0.15, 0.2) is 42.5 Å². The monoisotopic (exact) mass is 434 g/mol. The van der Waals surface area contributed by atoms with Gasteiger partial charge in [-0.05, 0) is 35.5 Å². The molecule has 0 bridgehead atoms. The summed E-state index contributed by atoms with van der Waals surface area (Å²) in [5.41, 5.74) is 1.43. The molecule has 8 nitrogen and oxygen atoms in total. The van der Waals surface area contributed by atoms with Crippen LogP contribution in [-0.2, 0) is 0 Å². The number of nitrogens with one attached hydrogen (secondary N) is 1. The van der Waals surface area contributed by atoms with Crippen molar-refractivity contribution in [3.05, 3.63) is 63.2 Å². The summed E-state index contributed by atoms with van der Waals surface area (Å²) in [6.45, 7) is 0. The highest BCUT2D eigenvalue weighted by molar-refractivity contribution is 6.35. The number of hydrogen-bond donors (Lipinski definition) is 2. The largest absolute Gasteiger partial charge is 0.476 e. The summed E-state index contributed by atoms with van der Waals surface area (Å²) in [6.07, 6.45) is 0. The number of tetrazole rings is 1. The van der Waals surface area contributed by atoms with Crippen LogP contribution in [0.25, 0.3) is 28.3 Å². The van der Waals surface area contributed by atoms with Crippen LogP contribution in [0.1, 0.15) is 10.5 Å². The van der Waals surface area contributed by atoms with E-state index in [-0.39, 0.29) is 17.1 Å². The van der Waals surface area contributed by atoms with Gasteiger partial charge in [-0.25, -0.2) is 9.48 Å². The highest BCUT2D eigenvalue weighted by atomic mass is 35.5. The van der Waals surface area contributed by atoms with Gasteiger partial charge >= 0.3 is 5.97 Å². The first-order chi connectivity index (χ1) is 13.5. The number of carboxylic acids is 1. The quantitative estimate of drug-likeness (QED) is 0.492. The van der Waals surface area contributed by atoms with E-state index in [1.165, 1.54) is 4.68 Å². The number of hydrogen-bond acceptors (Lipinski definition) is 5. The van der Waals surface area contributed by atoms with Gasteiger partial charge < -0.3 is 5.11 Å². The summed E-state index contributed by atoms with van der Waals surface area (Å²) in [5.74, 6) is -1.17. The maximum atomic E-state index is 11.9. The number of halogens is 3. The standard InChI is InChI=1S/C17H9Cl3N6O2/c18-9-3-1-8(2-4-9)15-13(16-21-24-25-22-16)14(17(27)28)23-26(15)12-6-5-10(19)7-11(12)20/h1-7H,(H,27,28)(H,21,22,24,25). The molecule has 0 radical (unpaired) electrons. The first-order valence-corrected chi connectivity index (χ1v) is 8.90. The van der Waals surface area contributed by atoms with Crippen LogP contribution in [0, 0.1) is 0 Å². The van der Waals surface area contributed by atoms with E-state index in [1.807, 2.05) is 0 Å². The third-order valence-corrected chi connectivity index (χ3v) is 4.70. The molecule has 4 aromatic rings. The Hall–Kier alpha value is -2.94. The highest BCUT2D eigenvalue weighted by Gasteiger charge is 2.29. The fourth-order valence-electron chi connectivity index (χ4n) is 2.75. The van der Waals surface area contributed by atoms with E-state index >= 15 is 0 Å². The summed E-state index contributed by atoms with van der Waals surface area (Å²) < 4.78 is 1.41. The summed E-state index contributed by atoms with van der Waals surface area (Å²) in [6, 6.07) is 11.6. The second kappa shape index (κ2) is 7.23. The molecule has 0 aliphatic heterocycles. The van der Waals surface area contributed by atoms with Crippen molar-refractivity contribution in [2.45, 2.75) is 0 Å². The van der Waals surface area contributed by atoms with Crippen LogP contribution in [-0.4, -0.2) is 41.5 Å². The van der Waals surface area contributed by atoms with Crippen molar-refractivity contribution in [2.75, 3.05) is 0 Å². The fraction of sp³-hybridized carbons (Fsp3) is 0. The minimum Gasteiger partial charge on any atom is -0.476 e. The second-order valence-corrected chi connectivity index (χ2v) is 6.91. The molecular weight excluding hydrogens is 427 g/mol. The summed E-state index contributed by atoms with van der Waals surface area (Å²) in [5, 5.41) is 29.0. The minimum absolute atomic E-state index is 0.0821. The summed E-state index contributed by atoms with van der Waals surface area (Å²) >= 11 is 18.3. The van der Waals surface area contributed by atoms with E-state index in [0.717, 1.165) is 0 Å². The number of nitrogens with zero attached hydrogens (tertiary/aromatic N) is 5. The van der Waals surface area contributed by atoms with E-state index in [9.17, 15) is 9.90 Å². The molecule has 0 saturated heterocycles. The van der Waals surface area contributed by atoms with Crippen molar-refractivity contribution >= 4 is 40.8 Å². The number of H-pyrrole nitrogens is 1. The lowest BCUT2D eigenvalue weighted by Gasteiger charge is -2.11. The predicted molar refractivity (Wildman–Crippen MR) is 104 cm³/mol. The number of aromatic amines is 1. The van der Waals surface area contributed by atoms with Crippen LogP contribution in [0.5, 0.6) is 0 Å². The van der Waals surface area contributed by atoms with Crippen molar-refractivity contribution in [1.82, 2.24) is 30.4 Å². The molecule has 2 heterocycles. The first kappa shape index (κ1) is 18.4. The van der Waals surface area contributed by atoms with Crippen LogP contribution in [0.2, 0.25) is 15.1 Å². The second-order valence-electron chi connectivity index (χ2n) is 5.63. The molecule has 0 fully saturated rings. The molecule has 0 amide bonds. The van der Waals surface area contributed by atoms with E-state index in [1.54, 1.807) is 42.5 Å². The van der Waals surface area contributed by atoms with E-state index in [0.29, 0.717) is 32.0 Å². The van der Waals surface area contributed by atoms with Crippen LogP contribution in [0.4, 0.5) is 0 Å². The van der Waals surface area contributed by atoms with Gasteiger partial charge in [0.1, 0.15) is 0 Å². The molecular formula is C17H9Cl3N6O2. The van der Waals surface area contributed by atoms with E-state index in [4.69, 9.17) is 34.8 Å². The van der Waals surface area contributed by atoms with Crippen LogP contribution < -0.4 is 0 Å². The molecule has 0 unspecified atom stereocenters. The van der Waals surface area contributed by atoms with Gasteiger partial charge in [-0.2, -0.15) is 10.3 Å². The highest BCUT2D eigenvalue weighted by Crippen LogP contribution is 2.37. The number of carboxylic acid groups (broad SMARTS) is 1. The molecule has 0 spiro atoms. The normalized spacial score (nSPS) is 11.0. The lowest BCUT2D eigenvalue weighted by molar-refractivity contribution is 0.0690. The zero-order valence-corrected chi connectivity index (χ0v) is 16.0. The van der Waals surface area contributed by atoms with Gasteiger partial charge in [-0.15, -0.1) is 10.2 Å². The lowest BCUT2D eigenvalue weighted by Crippen LogP contribution is -2.03. The van der Waals surface area contributed by atoms with Gasteiger partial charge in [0.25, 0.3) is 0 Å². The van der Waals surface area contributed by atoms with Crippen molar-refractivity contribution in [3.63, 3.8) is 0 Å². The fourth-order valence-corrected chi connectivity index (χ4v) is 3.36. The molecule has 28 heavy (non-hydrogen) atoms. The van der Waals surface area contributed by atoms with Gasteiger partial charge in [-0.3, -0.25) is 0 Å². The SMILES string of the molecule is O=C(O)c1nn(-c2ccc(Cl)cc2Cl)c(-c2ccc(Cl)cc2)c1-c1nn[nH]n1. The van der Waals surface area contributed by atoms with Gasteiger partial charge in [0.05, 0.1) is 22.0 Å². The Labute approximate surface area is 172 Å². The molecule has 0 aliphatic carbocycles. The zero-order valence-electron chi connectivity index (χ0n) is 13.8. The average molecular weight is 436 g/mol. The molecule has 11 heteroatoms. The number of aromatic carboxylic acids is 1. The Balaban J connectivity index is 2.09. The Morgan fingerprint density at radius 2 is 1.75 bits per heavy atom. The molecule has 0 aliphatic rings. The maximum absolute atomic E-state index is 11.9. The third kappa shape index (κ3) is 3.22. The molecule has 140 valence electrons. The predicted octanol–water partition coefficient (Wildman–Crippen LogP) is 4.38. The number of benzene rings is 2. The van der Waals surface area contributed by atoms with Crippen LogP contribution in [0.3, 0.4) is 0 Å². The average Bonchev–Trinajstić information content (AvgIpc) is 3.30. The van der Waals surface area contributed by atoms with Gasteiger partial charge in [0.2, 0.25) is 5.82 Å². The Morgan fingerprint density at radius 1 is 1.04 bits per heavy atom. The van der Waals surface area contributed by atoms with E-state index in [2.05, 4.69) is 25.7 Å². The van der Waals surface area contributed by atoms with Gasteiger partial charge in [0, 0.05) is 15.6 Å². The number of carbonyl (C=O) groups is 1. The minimum atomic E-state index is -1.25.